The molecular formula is C19H38IN5O2. The van der Waals surface area contributed by atoms with Crippen LogP contribution in [-0.4, -0.2) is 75.3 Å². The van der Waals surface area contributed by atoms with Gasteiger partial charge in [-0.1, -0.05) is 12.8 Å². The number of carbonyl (C=O) groups is 1. The van der Waals surface area contributed by atoms with Crippen molar-refractivity contribution in [2.75, 3.05) is 53.0 Å². The highest BCUT2D eigenvalue weighted by atomic mass is 127. The molecule has 2 fully saturated rings. The maximum Gasteiger partial charge on any atom is 0.220 e. The van der Waals surface area contributed by atoms with Crippen LogP contribution in [0, 0.1) is 5.92 Å². The molecule has 0 aromatic heterocycles. The number of nitrogens with one attached hydrogen (secondary N) is 3. The predicted octanol–water partition coefficient (Wildman–Crippen LogP) is 1.58. The van der Waals surface area contributed by atoms with Gasteiger partial charge in [-0.2, -0.15) is 0 Å². The summed E-state index contributed by atoms with van der Waals surface area (Å²) in [6, 6.07) is 0. The van der Waals surface area contributed by atoms with Gasteiger partial charge in [-0.15, -0.1) is 24.0 Å². The summed E-state index contributed by atoms with van der Waals surface area (Å²) < 4.78 is 5.44. The minimum Gasteiger partial charge on any atom is -0.379 e. The molecule has 1 heterocycles. The molecule has 1 saturated heterocycles. The van der Waals surface area contributed by atoms with Gasteiger partial charge in [-0.05, 0) is 32.6 Å². The lowest BCUT2D eigenvalue weighted by Crippen LogP contribution is -2.56. The fourth-order valence-electron chi connectivity index (χ4n) is 3.73. The molecular weight excluding hydrogens is 457 g/mol. The van der Waals surface area contributed by atoms with E-state index in [4.69, 9.17) is 4.74 Å². The zero-order chi connectivity index (χ0) is 18.8. The van der Waals surface area contributed by atoms with Crippen LogP contribution in [0.4, 0.5) is 0 Å². The molecule has 7 nitrogen and oxygen atoms in total. The summed E-state index contributed by atoms with van der Waals surface area (Å²) in [5.74, 6) is 1.55. The quantitative estimate of drug-likeness (QED) is 0.206. The van der Waals surface area contributed by atoms with Gasteiger partial charge in [-0.25, -0.2) is 0 Å². The number of rotatable bonds is 8. The van der Waals surface area contributed by atoms with E-state index in [0.717, 1.165) is 38.8 Å². The SMILES string of the molecule is CN=C(NCCNC(=O)CC1CCCC1)NCC(C)(C)N1CCOCC1.I. The Morgan fingerprint density at radius 1 is 1.11 bits per heavy atom. The number of carbonyl (C=O) groups excluding carboxylic acids is 1. The van der Waals surface area contributed by atoms with Gasteiger partial charge in [0, 0.05) is 51.7 Å². The van der Waals surface area contributed by atoms with E-state index in [1.807, 2.05) is 0 Å². The summed E-state index contributed by atoms with van der Waals surface area (Å²) >= 11 is 0. The first-order valence-corrected chi connectivity index (χ1v) is 10.1. The minimum atomic E-state index is 0. The number of aliphatic imine (C=N–C) groups is 1. The molecule has 1 saturated carbocycles. The van der Waals surface area contributed by atoms with Crippen molar-refractivity contribution in [1.82, 2.24) is 20.9 Å². The van der Waals surface area contributed by atoms with Crippen molar-refractivity contribution in [2.24, 2.45) is 10.9 Å². The van der Waals surface area contributed by atoms with Gasteiger partial charge in [0.05, 0.1) is 13.2 Å². The fraction of sp³-hybridized carbons (Fsp3) is 0.895. The molecule has 2 rings (SSSR count). The van der Waals surface area contributed by atoms with Gasteiger partial charge in [0.1, 0.15) is 0 Å². The van der Waals surface area contributed by atoms with Crippen LogP contribution in [0.1, 0.15) is 46.0 Å². The van der Waals surface area contributed by atoms with E-state index in [1.54, 1.807) is 7.05 Å². The monoisotopic (exact) mass is 495 g/mol. The molecule has 3 N–H and O–H groups in total. The highest BCUT2D eigenvalue weighted by molar-refractivity contribution is 14.0. The highest BCUT2D eigenvalue weighted by Gasteiger charge is 2.28. The van der Waals surface area contributed by atoms with Crippen LogP contribution in [-0.2, 0) is 9.53 Å². The largest absolute Gasteiger partial charge is 0.379 e. The summed E-state index contributed by atoms with van der Waals surface area (Å²) in [7, 11) is 1.77. The maximum absolute atomic E-state index is 11.9. The molecule has 2 aliphatic rings. The van der Waals surface area contributed by atoms with Gasteiger partial charge in [0.2, 0.25) is 5.91 Å². The molecule has 0 aromatic carbocycles. The second-order valence-corrected chi connectivity index (χ2v) is 7.97. The molecule has 27 heavy (non-hydrogen) atoms. The molecule has 1 aliphatic heterocycles. The van der Waals surface area contributed by atoms with Crippen molar-refractivity contribution < 1.29 is 9.53 Å². The minimum absolute atomic E-state index is 0. The molecule has 158 valence electrons. The van der Waals surface area contributed by atoms with Crippen molar-refractivity contribution in [1.29, 1.82) is 0 Å². The summed E-state index contributed by atoms with van der Waals surface area (Å²) in [4.78, 5) is 18.7. The number of guanidine groups is 1. The standard InChI is InChI=1S/C19H37N5O2.HI/c1-19(2,24-10-12-26-13-11-24)15-23-18(20-3)22-9-8-21-17(25)14-16-6-4-5-7-16;/h16H,4-15H2,1-3H3,(H,21,25)(H2,20,22,23);1H. The number of nitrogens with zero attached hydrogens (tertiary/aromatic N) is 2. The lowest BCUT2D eigenvalue weighted by atomic mass is 10.0. The van der Waals surface area contributed by atoms with Crippen LogP contribution >= 0.6 is 24.0 Å². The van der Waals surface area contributed by atoms with Gasteiger partial charge in [0.25, 0.3) is 0 Å². The Labute approximate surface area is 181 Å². The smallest absolute Gasteiger partial charge is 0.220 e. The number of morpholine rings is 1. The van der Waals surface area contributed by atoms with Crippen molar-refractivity contribution in [3.05, 3.63) is 0 Å². The van der Waals surface area contributed by atoms with Crippen molar-refractivity contribution in [2.45, 2.75) is 51.5 Å². The number of hydrogen-bond acceptors (Lipinski definition) is 4. The Balaban J connectivity index is 0.00000364. The molecule has 0 radical (unpaired) electrons. The second kappa shape index (κ2) is 12.8. The van der Waals surface area contributed by atoms with E-state index >= 15 is 0 Å². The zero-order valence-electron chi connectivity index (χ0n) is 17.2. The Kier molecular flexibility index (Phi) is 11.6. The number of hydrogen-bond donors (Lipinski definition) is 3. The van der Waals surface area contributed by atoms with Gasteiger partial charge < -0.3 is 20.7 Å². The summed E-state index contributed by atoms with van der Waals surface area (Å²) in [6.45, 7) is 10.1. The number of ether oxygens (including phenoxy) is 1. The molecule has 0 bridgehead atoms. The van der Waals surface area contributed by atoms with Gasteiger partial charge >= 0.3 is 0 Å². The second-order valence-electron chi connectivity index (χ2n) is 7.97. The van der Waals surface area contributed by atoms with E-state index in [0.29, 0.717) is 25.4 Å². The van der Waals surface area contributed by atoms with Gasteiger partial charge in [0.15, 0.2) is 5.96 Å². The normalized spacial score (nSPS) is 19.4. The molecule has 0 atom stereocenters. The Hall–Kier alpha value is -0.610. The first-order chi connectivity index (χ1) is 12.5. The van der Waals surface area contributed by atoms with Crippen molar-refractivity contribution >= 4 is 35.8 Å². The van der Waals surface area contributed by atoms with Crippen molar-refractivity contribution in [3.8, 4) is 0 Å². The lowest BCUT2D eigenvalue weighted by Gasteiger charge is -2.41. The molecule has 8 heteroatoms. The topological polar surface area (TPSA) is 78.0 Å². The summed E-state index contributed by atoms with van der Waals surface area (Å²) in [6.07, 6.45) is 5.66. The van der Waals surface area contributed by atoms with E-state index in [2.05, 4.69) is 39.7 Å². The molecule has 0 spiro atoms. The molecule has 1 aliphatic carbocycles. The van der Waals surface area contributed by atoms with Gasteiger partial charge in [-0.3, -0.25) is 14.7 Å². The molecule has 1 amide bonds. The van der Waals surface area contributed by atoms with E-state index < -0.39 is 0 Å². The average Bonchev–Trinajstić information content (AvgIpc) is 3.14. The Morgan fingerprint density at radius 2 is 1.74 bits per heavy atom. The predicted molar refractivity (Wildman–Crippen MR) is 121 cm³/mol. The third-order valence-electron chi connectivity index (χ3n) is 5.47. The first kappa shape index (κ1) is 24.4. The van der Waals surface area contributed by atoms with Crippen molar-refractivity contribution in [3.63, 3.8) is 0 Å². The summed E-state index contributed by atoms with van der Waals surface area (Å²) in [5, 5.41) is 9.68. The molecule has 0 aromatic rings. The Bertz CT molecular complexity index is 461. The number of amides is 1. The van der Waals surface area contributed by atoms with Crippen LogP contribution in [0.15, 0.2) is 4.99 Å². The summed E-state index contributed by atoms with van der Waals surface area (Å²) in [5.41, 5.74) is 0.0386. The average molecular weight is 495 g/mol. The number of halogens is 1. The van der Waals surface area contributed by atoms with Crippen LogP contribution in [0.3, 0.4) is 0 Å². The Morgan fingerprint density at radius 3 is 2.37 bits per heavy atom. The first-order valence-electron chi connectivity index (χ1n) is 10.1. The zero-order valence-corrected chi connectivity index (χ0v) is 19.5. The third-order valence-corrected chi connectivity index (χ3v) is 5.47. The van der Waals surface area contributed by atoms with Crippen LogP contribution in [0.2, 0.25) is 0 Å². The van der Waals surface area contributed by atoms with E-state index in [9.17, 15) is 4.79 Å². The molecule has 0 unspecified atom stereocenters. The lowest BCUT2D eigenvalue weighted by molar-refractivity contribution is -0.121. The fourth-order valence-corrected chi connectivity index (χ4v) is 3.73. The van der Waals surface area contributed by atoms with E-state index in [1.165, 1.54) is 25.7 Å². The van der Waals surface area contributed by atoms with E-state index in [-0.39, 0.29) is 35.4 Å². The maximum atomic E-state index is 11.9. The third kappa shape index (κ3) is 8.95. The highest BCUT2D eigenvalue weighted by Crippen LogP contribution is 2.27. The van der Waals surface area contributed by atoms with Crippen LogP contribution < -0.4 is 16.0 Å². The van der Waals surface area contributed by atoms with Crippen LogP contribution in [0.5, 0.6) is 0 Å². The van der Waals surface area contributed by atoms with Crippen LogP contribution in [0.25, 0.3) is 0 Å².